The number of aromatic nitrogens is 1. The van der Waals surface area contributed by atoms with E-state index >= 15 is 0 Å². The maximum atomic E-state index is 13.3. The Morgan fingerprint density at radius 1 is 1.20 bits per heavy atom. The Labute approximate surface area is 149 Å². The van der Waals surface area contributed by atoms with E-state index in [9.17, 15) is 14.0 Å². The molecule has 0 N–H and O–H groups in total. The van der Waals surface area contributed by atoms with Gasteiger partial charge in [-0.3, -0.25) is 4.79 Å². The molecule has 0 atom stereocenters. The predicted octanol–water partition coefficient (Wildman–Crippen LogP) is 2.94. The Balaban J connectivity index is 1.76. The number of hydrogen-bond donors (Lipinski definition) is 0. The van der Waals surface area contributed by atoms with E-state index in [2.05, 4.69) is 4.98 Å². The first-order valence-corrected chi connectivity index (χ1v) is 8.34. The van der Waals surface area contributed by atoms with Gasteiger partial charge in [0.2, 0.25) is 0 Å². The normalized spacial score (nSPS) is 14.7. The number of halogens is 2. The highest BCUT2D eigenvalue weighted by Crippen LogP contribution is 2.23. The van der Waals surface area contributed by atoms with Crippen LogP contribution < -0.4 is 0 Å². The zero-order valence-electron chi connectivity index (χ0n) is 13.7. The van der Waals surface area contributed by atoms with Gasteiger partial charge in [-0.1, -0.05) is 11.6 Å². The zero-order valence-corrected chi connectivity index (χ0v) is 14.4. The minimum absolute atomic E-state index is 0.0379. The second-order valence-corrected chi connectivity index (χ2v) is 6.00. The maximum Gasteiger partial charge on any atom is 0.409 e. The number of nitrogens with zero attached hydrogens (tertiary/aromatic N) is 3. The molecule has 0 saturated carbocycles. The van der Waals surface area contributed by atoms with Crippen LogP contribution in [-0.4, -0.2) is 59.6 Å². The molecule has 0 unspecified atom stereocenters. The van der Waals surface area contributed by atoms with Gasteiger partial charge in [0.25, 0.3) is 5.91 Å². The van der Waals surface area contributed by atoms with E-state index < -0.39 is 5.82 Å². The standard InChI is InChI=1S/C17H17ClFN3O3/c1-2-25-17(24)22-7-5-21(6-8-22)16(23)13-9-11-3-4-12(19)10-14(11)20-15(13)18/h3-4,9-10H,2,5-8H2,1H3. The van der Waals surface area contributed by atoms with Crippen molar-refractivity contribution in [1.82, 2.24) is 14.8 Å². The average molecular weight is 366 g/mol. The Morgan fingerprint density at radius 2 is 1.88 bits per heavy atom. The Kier molecular flexibility index (Phi) is 5.03. The molecule has 6 nitrogen and oxygen atoms in total. The fourth-order valence-electron chi connectivity index (χ4n) is 2.74. The lowest BCUT2D eigenvalue weighted by Gasteiger charge is -2.34. The number of amides is 2. The summed E-state index contributed by atoms with van der Waals surface area (Å²) in [6.07, 6.45) is -0.373. The van der Waals surface area contributed by atoms with Gasteiger partial charge in [0.05, 0.1) is 17.7 Å². The van der Waals surface area contributed by atoms with Crippen LogP contribution in [0.1, 0.15) is 17.3 Å². The summed E-state index contributed by atoms with van der Waals surface area (Å²) in [6.45, 7) is 3.63. The van der Waals surface area contributed by atoms with E-state index in [4.69, 9.17) is 16.3 Å². The largest absolute Gasteiger partial charge is 0.450 e. The van der Waals surface area contributed by atoms with Crippen LogP contribution in [-0.2, 0) is 4.74 Å². The number of fused-ring (bicyclic) bond motifs is 1. The van der Waals surface area contributed by atoms with Gasteiger partial charge in [-0.05, 0) is 25.1 Å². The number of rotatable bonds is 2. The third-order valence-electron chi connectivity index (χ3n) is 4.06. The molecule has 1 aliphatic heterocycles. The lowest BCUT2D eigenvalue weighted by molar-refractivity contribution is 0.0570. The third kappa shape index (κ3) is 3.66. The van der Waals surface area contributed by atoms with Crippen LogP contribution in [0.4, 0.5) is 9.18 Å². The van der Waals surface area contributed by atoms with Crippen molar-refractivity contribution in [2.75, 3.05) is 32.8 Å². The molecule has 25 heavy (non-hydrogen) atoms. The summed E-state index contributed by atoms with van der Waals surface area (Å²) in [5.41, 5.74) is 0.666. The van der Waals surface area contributed by atoms with Crippen LogP contribution in [0.2, 0.25) is 5.15 Å². The van der Waals surface area contributed by atoms with E-state index in [1.807, 2.05) is 0 Å². The lowest BCUT2D eigenvalue weighted by atomic mass is 10.1. The first kappa shape index (κ1) is 17.4. The molecule has 0 bridgehead atoms. The van der Waals surface area contributed by atoms with E-state index in [1.165, 1.54) is 12.1 Å². The Hall–Kier alpha value is -2.41. The molecule has 8 heteroatoms. The van der Waals surface area contributed by atoms with Crippen LogP contribution >= 0.6 is 11.6 Å². The number of benzene rings is 1. The lowest BCUT2D eigenvalue weighted by Crippen LogP contribution is -2.50. The van der Waals surface area contributed by atoms with Crippen molar-refractivity contribution < 1.29 is 18.7 Å². The number of hydrogen-bond acceptors (Lipinski definition) is 4. The van der Waals surface area contributed by atoms with Gasteiger partial charge in [0.1, 0.15) is 11.0 Å². The Bertz CT molecular complexity index is 822. The van der Waals surface area contributed by atoms with Gasteiger partial charge < -0.3 is 14.5 Å². The second-order valence-electron chi connectivity index (χ2n) is 5.64. The highest BCUT2D eigenvalue weighted by molar-refractivity contribution is 6.33. The van der Waals surface area contributed by atoms with Gasteiger partial charge in [0, 0.05) is 37.6 Å². The van der Waals surface area contributed by atoms with Gasteiger partial charge in [-0.15, -0.1) is 0 Å². The summed E-state index contributed by atoms with van der Waals surface area (Å²) in [6, 6.07) is 5.76. The van der Waals surface area contributed by atoms with E-state index in [-0.39, 0.29) is 22.7 Å². The molecule has 0 radical (unpaired) electrons. The molecule has 1 aromatic carbocycles. The minimum atomic E-state index is -0.412. The molecule has 1 fully saturated rings. The number of carbonyl (C=O) groups is 2. The molecular formula is C17H17ClFN3O3. The van der Waals surface area contributed by atoms with Crippen molar-refractivity contribution in [1.29, 1.82) is 0 Å². The van der Waals surface area contributed by atoms with Crippen molar-refractivity contribution in [2.45, 2.75) is 6.92 Å². The fraction of sp³-hybridized carbons (Fsp3) is 0.353. The van der Waals surface area contributed by atoms with Gasteiger partial charge in [0.15, 0.2) is 0 Å². The number of pyridine rings is 1. The number of piperazine rings is 1. The smallest absolute Gasteiger partial charge is 0.409 e. The fourth-order valence-corrected chi connectivity index (χ4v) is 2.97. The highest BCUT2D eigenvalue weighted by atomic mass is 35.5. The van der Waals surface area contributed by atoms with Crippen LogP contribution in [0.3, 0.4) is 0 Å². The van der Waals surface area contributed by atoms with Crippen LogP contribution in [0.5, 0.6) is 0 Å². The molecule has 1 saturated heterocycles. The molecule has 3 rings (SSSR count). The quantitative estimate of drug-likeness (QED) is 0.768. The topological polar surface area (TPSA) is 62.7 Å². The summed E-state index contributed by atoms with van der Waals surface area (Å²) in [5, 5.41) is 0.676. The molecule has 1 aromatic heterocycles. The number of ether oxygens (including phenoxy) is 1. The first-order chi connectivity index (χ1) is 12.0. The van der Waals surface area contributed by atoms with Gasteiger partial charge in [-0.2, -0.15) is 0 Å². The van der Waals surface area contributed by atoms with Crippen molar-refractivity contribution in [3.05, 3.63) is 40.8 Å². The maximum absolute atomic E-state index is 13.3. The highest BCUT2D eigenvalue weighted by Gasteiger charge is 2.27. The summed E-state index contributed by atoms with van der Waals surface area (Å²) in [4.78, 5) is 31.7. The van der Waals surface area contributed by atoms with Crippen molar-refractivity contribution in [3.63, 3.8) is 0 Å². The average Bonchev–Trinajstić information content (AvgIpc) is 2.61. The Morgan fingerprint density at radius 3 is 2.56 bits per heavy atom. The molecule has 1 aliphatic rings. The zero-order chi connectivity index (χ0) is 18.0. The van der Waals surface area contributed by atoms with Crippen molar-refractivity contribution >= 4 is 34.5 Å². The van der Waals surface area contributed by atoms with Gasteiger partial charge in [-0.25, -0.2) is 14.2 Å². The van der Waals surface area contributed by atoms with E-state index in [0.29, 0.717) is 43.7 Å². The summed E-state index contributed by atoms with van der Waals surface area (Å²) >= 11 is 6.12. The third-order valence-corrected chi connectivity index (χ3v) is 4.34. The van der Waals surface area contributed by atoms with Crippen LogP contribution in [0.25, 0.3) is 10.9 Å². The minimum Gasteiger partial charge on any atom is -0.450 e. The second kappa shape index (κ2) is 7.23. The molecule has 0 spiro atoms. The summed E-state index contributed by atoms with van der Waals surface area (Å²) in [7, 11) is 0. The SMILES string of the molecule is CCOC(=O)N1CCN(C(=O)c2cc3ccc(F)cc3nc2Cl)CC1. The molecule has 2 aromatic rings. The monoisotopic (exact) mass is 365 g/mol. The van der Waals surface area contributed by atoms with Crippen LogP contribution in [0, 0.1) is 5.82 Å². The van der Waals surface area contributed by atoms with Gasteiger partial charge >= 0.3 is 6.09 Å². The first-order valence-electron chi connectivity index (χ1n) is 7.96. The summed E-state index contributed by atoms with van der Waals surface area (Å²) < 4.78 is 18.2. The summed E-state index contributed by atoms with van der Waals surface area (Å²) in [5.74, 6) is -0.669. The predicted molar refractivity (Wildman–Crippen MR) is 91.2 cm³/mol. The van der Waals surface area contributed by atoms with E-state index in [1.54, 1.807) is 28.9 Å². The van der Waals surface area contributed by atoms with E-state index in [0.717, 1.165) is 0 Å². The number of carbonyl (C=O) groups excluding carboxylic acids is 2. The van der Waals surface area contributed by atoms with Crippen molar-refractivity contribution in [2.24, 2.45) is 0 Å². The van der Waals surface area contributed by atoms with Crippen molar-refractivity contribution in [3.8, 4) is 0 Å². The molecular weight excluding hydrogens is 349 g/mol. The molecule has 0 aliphatic carbocycles. The molecule has 2 amide bonds. The molecule has 132 valence electrons. The van der Waals surface area contributed by atoms with Crippen LogP contribution in [0.15, 0.2) is 24.3 Å². The molecule has 2 heterocycles.